The second-order valence-electron chi connectivity index (χ2n) is 6.56. The molecule has 1 aliphatic heterocycles. The van der Waals surface area contributed by atoms with Gasteiger partial charge in [0.25, 0.3) is 0 Å². The van der Waals surface area contributed by atoms with E-state index in [-0.39, 0.29) is 29.7 Å². The predicted molar refractivity (Wildman–Crippen MR) is 73.5 cm³/mol. The lowest BCUT2D eigenvalue weighted by atomic mass is 10.1. The molecule has 3 atom stereocenters. The molecule has 1 saturated carbocycles. The topological polar surface area (TPSA) is 78.9 Å². The van der Waals surface area contributed by atoms with E-state index in [9.17, 15) is 9.59 Å². The molecular formula is C14H24N2O4. The fraction of sp³-hybridized carbons (Fsp3) is 0.857. The Morgan fingerprint density at radius 1 is 1.35 bits per heavy atom. The molecular weight excluding hydrogens is 260 g/mol. The first-order valence-corrected chi connectivity index (χ1v) is 7.23. The highest BCUT2D eigenvalue weighted by Crippen LogP contribution is 2.26. The van der Waals surface area contributed by atoms with Crippen LogP contribution < -0.4 is 5.32 Å². The van der Waals surface area contributed by atoms with Crippen molar-refractivity contribution in [2.75, 3.05) is 13.1 Å². The zero-order valence-corrected chi connectivity index (χ0v) is 12.4. The molecule has 0 aromatic carbocycles. The smallest absolute Gasteiger partial charge is 0.317 e. The fourth-order valence-electron chi connectivity index (χ4n) is 3.21. The number of amides is 2. The van der Waals surface area contributed by atoms with Gasteiger partial charge in [0.05, 0.1) is 24.2 Å². The molecule has 2 N–H and O–H groups in total. The molecule has 1 aliphatic carbocycles. The lowest BCUT2D eigenvalue weighted by Crippen LogP contribution is -2.57. The number of rotatable bonds is 2. The molecule has 0 radical (unpaired) electrons. The van der Waals surface area contributed by atoms with Crippen molar-refractivity contribution >= 4 is 12.0 Å². The van der Waals surface area contributed by atoms with Gasteiger partial charge in [-0.1, -0.05) is 0 Å². The van der Waals surface area contributed by atoms with Crippen LogP contribution in [0.1, 0.15) is 40.0 Å². The third-order valence-electron chi connectivity index (χ3n) is 3.97. The average molecular weight is 284 g/mol. The van der Waals surface area contributed by atoms with Crippen LogP contribution in [-0.2, 0) is 9.53 Å². The minimum Gasteiger partial charge on any atom is -0.481 e. The van der Waals surface area contributed by atoms with E-state index in [4.69, 9.17) is 9.84 Å². The number of carboxylic acids is 1. The average Bonchev–Trinajstić information content (AvgIpc) is 2.74. The Morgan fingerprint density at radius 2 is 2.05 bits per heavy atom. The highest BCUT2D eigenvalue weighted by molar-refractivity contribution is 5.75. The number of carbonyl (C=O) groups excluding carboxylic acids is 1. The highest BCUT2D eigenvalue weighted by Gasteiger charge is 2.36. The van der Waals surface area contributed by atoms with Crippen molar-refractivity contribution in [1.82, 2.24) is 10.2 Å². The van der Waals surface area contributed by atoms with Crippen LogP contribution >= 0.6 is 0 Å². The number of carbonyl (C=O) groups is 2. The van der Waals surface area contributed by atoms with E-state index in [1.54, 1.807) is 4.90 Å². The number of nitrogens with zero attached hydrogens (tertiary/aromatic N) is 1. The molecule has 2 aliphatic rings. The van der Waals surface area contributed by atoms with Crippen LogP contribution in [0.3, 0.4) is 0 Å². The molecule has 2 amide bonds. The summed E-state index contributed by atoms with van der Waals surface area (Å²) in [5.41, 5.74) is -0.339. The van der Waals surface area contributed by atoms with Crippen molar-refractivity contribution in [2.45, 2.75) is 57.8 Å². The van der Waals surface area contributed by atoms with E-state index in [0.717, 1.165) is 6.42 Å². The summed E-state index contributed by atoms with van der Waals surface area (Å²) < 4.78 is 5.77. The number of hydrogen-bond acceptors (Lipinski definition) is 3. The van der Waals surface area contributed by atoms with E-state index >= 15 is 0 Å². The fourth-order valence-corrected chi connectivity index (χ4v) is 3.21. The van der Waals surface area contributed by atoms with Gasteiger partial charge in [0.15, 0.2) is 0 Å². The minimum atomic E-state index is -0.761. The van der Waals surface area contributed by atoms with Crippen LogP contribution in [0.5, 0.6) is 0 Å². The quantitative estimate of drug-likeness (QED) is 0.804. The molecule has 3 unspecified atom stereocenters. The van der Waals surface area contributed by atoms with Crippen molar-refractivity contribution in [3.8, 4) is 0 Å². The van der Waals surface area contributed by atoms with Crippen molar-refractivity contribution in [3.05, 3.63) is 0 Å². The maximum atomic E-state index is 12.3. The Balaban J connectivity index is 1.87. The van der Waals surface area contributed by atoms with Crippen molar-refractivity contribution in [3.63, 3.8) is 0 Å². The SMILES string of the molecule is CC1CN(C(=O)NC2CCC(C(=O)O)C2)CC(C)(C)O1. The molecule has 1 saturated heterocycles. The summed E-state index contributed by atoms with van der Waals surface area (Å²) in [6.07, 6.45) is 1.93. The van der Waals surface area contributed by atoms with Gasteiger partial charge in [0.1, 0.15) is 0 Å². The summed E-state index contributed by atoms with van der Waals surface area (Å²) >= 11 is 0. The largest absolute Gasteiger partial charge is 0.481 e. The van der Waals surface area contributed by atoms with Crippen molar-refractivity contribution < 1.29 is 19.4 Å². The van der Waals surface area contributed by atoms with Gasteiger partial charge >= 0.3 is 12.0 Å². The Labute approximate surface area is 119 Å². The Morgan fingerprint density at radius 3 is 2.60 bits per heavy atom. The summed E-state index contributed by atoms with van der Waals surface area (Å²) in [5.74, 6) is -1.08. The molecule has 20 heavy (non-hydrogen) atoms. The summed E-state index contributed by atoms with van der Waals surface area (Å²) in [4.78, 5) is 25.0. The van der Waals surface area contributed by atoms with Gasteiger partial charge in [0.2, 0.25) is 0 Å². The Hall–Kier alpha value is -1.30. The number of aliphatic carboxylic acids is 1. The zero-order chi connectivity index (χ0) is 14.9. The van der Waals surface area contributed by atoms with E-state index < -0.39 is 5.97 Å². The number of nitrogens with one attached hydrogen (secondary N) is 1. The monoisotopic (exact) mass is 284 g/mol. The molecule has 6 nitrogen and oxygen atoms in total. The van der Waals surface area contributed by atoms with Crippen LogP contribution in [0.2, 0.25) is 0 Å². The second-order valence-corrected chi connectivity index (χ2v) is 6.56. The minimum absolute atomic E-state index is 0.0137. The normalized spacial score (nSPS) is 33.0. The van der Waals surface area contributed by atoms with E-state index in [1.807, 2.05) is 20.8 Å². The second kappa shape index (κ2) is 5.60. The molecule has 0 aromatic rings. The van der Waals surface area contributed by atoms with Gasteiger partial charge in [-0.05, 0) is 40.0 Å². The maximum Gasteiger partial charge on any atom is 0.317 e. The van der Waals surface area contributed by atoms with Gasteiger partial charge in [-0.3, -0.25) is 4.79 Å². The van der Waals surface area contributed by atoms with Gasteiger partial charge < -0.3 is 20.1 Å². The predicted octanol–water partition coefficient (Wildman–Crippen LogP) is 1.45. The van der Waals surface area contributed by atoms with Crippen LogP contribution in [-0.4, -0.2) is 52.8 Å². The first-order valence-electron chi connectivity index (χ1n) is 7.23. The van der Waals surface area contributed by atoms with Crippen molar-refractivity contribution in [1.29, 1.82) is 0 Å². The molecule has 2 fully saturated rings. The standard InChI is InChI=1S/C14H24N2O4/c1-9-7-16(8-14(2,3)20-9)13(19)15-11-5-4-10(6-11)12(17)18/h9-11H,4-8H2,1-3H3,(H,15,19)(H,17,18). The molecule has 6 heteroatoms. The Bertz CT molecular complexity index is 397. The molecule has 0 bridgehead atoms. The van der Waals surface area contributed by atoms with Crippen LogP contribution in [0.4, 0.5) is 4.79 Å². The van der Waals surface area contributed by atoms with Crippen LogP contribution in [0.15, 0.2) is 0 Å². The molecule has 114 valence electrons. The Kier molecular flexibility index (Phi) is 4.22. The highest BCUT2D eigenvalue weighted by atomic mass is 16.5. The van der Waals surface area contributed by atoms with E-state index in [2.05, 4.69) is 5.32 Å². The first-order chi connectivity index (χ1) is 9.27. The lowest BCUT2D eigenvalue weighted by Gasteiger charge is -2.41. The van der Waals surface area contributed by atoms with E-state index in [0.29, 0.717) is 25.9 Å². The number of morpholine rings is 1. The summed E-state index contributed by atoms with van der Waals surface area (Å²) in [6, 6.07) is -0.130. The number of urea groups is 1. The summed E-state index contributed by atoms with van der Waals surface area (Å²) in [5, 5.41) is 11.9. The summed E-state index contributed by atoms with van der Waals surface area (Å²) in [6.45, 7) is 7.03. The van der Waals surface area contributed by atoms with Gasteiger partial charge in [0, 0.05) is 12.6 Å². The first kappa shape index (κ1) is 15.1. The van der Waals surface area contributed by atoms with Gasteiger partial charge in [-0.2, -0.15) is 0 Å². The lowest BCUT2D eigenvalue weighted by molar-refractivity contribution is -0.141. The van der Waals surface area contributed by atoms with Crippen molar-refractivity contribution in [2.24, 2.45) is 5.92 Å². The molecule has 1 heterocycles. The molecule has 0 spiro atoms. The summed E-state index contributed by atoms with van der Waals surface area (Å²) in [7, 11) is 0. The number of ether oxygens (including phenoxy) is 1. The third kappa shape index (κ3) is 3.62. The van der Waals surface area contributed by atoms with Crippen LogP contribution in [0.25, 0.3) is 0 Å². The van der Waals surface area contributed by atoms with Gasteiger partial charge in [-0.15, -0.1) is 0 Å². The van der Waals surface area contributed by atoms with Gasteiger partial charge in [-0.25, -0.2) is 4.79 Å². The third-order valence-corrected chi connectivity index (χ3v) is 3.97. The molecule has 2 rings (SSSR count). The van der Waals surface area contributed by atoms with Crippen LogP contribution in [0, 0.1) is 5.92 Å². The zero-order valence-electron chi connectivity index (χ0n) is 12.4. The van der Waals surface area contributed by atoms with E-state index in [1.165, 1.54) is 0 Å². The number of carboxylic acid groups (broad SMARTS) is 1. The number of hydrogen-bond donors (Lipinski definition) is 2. The molecule has 0 aromatic heterocycles. The maximum absolute atomic E-state index is 12.3.